The zero-order chi connectivity index (χ0) is 10.2. The van der Waals surface area contributed by atoms with Crippen molar-refractivity contribution < 1.29 is 9.47 Å². The van der Waals surface area contributed by atoms with Crippen molar-refractivity contribution in [2.75, 3.05) is 26.4 Å². The van der Waals surface area contributed by atoms with Gasteiger partial charge in [-0.15, -0.1) is 0 Å². The van der Waals surface area contributed by atoms with Crippen molar-refractivity contribution in [1.29, 1.82) is 0 Å². The molecular weight excluding hydrogens is 178 g/mol. The van der Waals surface area contributed by atoms with Crippen molar-refractivity contribution in [3.05, 3.63) is 0 Å². The Morgan fingerprint density at radius 3 is 2.86 bits per heavy atom. The number of rotatable bonds is 7. The zero-order valence-electron chi connectivity index (χ0n) is 9.42. The van der Waals surface area contributed by atoms with Gasteiger partial charge >= 0.3 is 0 Å². The molecule has 1 fully saturated rings. The Kier molecular flexibility index (Phi) is 6.15. The van der Waals surface area contributed by atoms with Gasteiger partial charge < -0.3 is 14.8 Å². The van der Waals surface area contributed by atoms with Gasteiger partial charge in [-0.2, -0.15) is 0 Å². The molecule has 0 unspecified atom stereocenters. The van der Waals surface area contributed by atoms with Gasteiger partial charge in [0.2, 0.25) is 0 Å². The maximum atomic E-state index is 5.69. The Labute approximate surface area is 87.2 Å². The van der Waals surface area contributed by atoms with Crippen molar-refractivity contribution in [2.24, 2.45) is 0 Å². The maximum absolute atomic E-state index is 5.69. The summed E-state index contributed by atoms with van der Waals surface area (Å²) in [6, 6.07) is 0.678. The number of nitrogens with one attached hydrogen (secondary N) is 1. The summed E-state index contributed by atoms with van der Waals surface area (Å²) in [6.45, 7) is 7.49. The van der Waals surface area contributed by atoms with Gasteiger partial charge in [0, 0.05) is 19.2 Å². The van der Waals surface area contributed by atoms with Gasteiger partial charge in [0.15, 0.2) is 0 Å². The third-order valence-electron chi connectivity index (χ3n) is 2.60. The van der Waals surface area contributed by atoms with Crippen molar-refractivity contribution in [3.63, 3.8) is 0 Å². The molecule has 0 spiro atoms. The van der Waals surface area contributed by atoms with Crippen LogP contribution in [0.2, 0.25) is 0 Å². The molecule has 0 bridgehead atoms. The third kappa shape index (κ3) is 4.40. The first kappa shape index (κ1) is 12.0. The van der Waals surface area contributed by atoms with Crippen molar-refractivity contribution in [2.45, 2.75) is 45.3 Å². The van der Waals surface area contributed by atoms with Crippen LogP contribution in [0.25, 0.3) is 0 Å². The van der Waals surface area contributed by atoms with Crippen molar-refractivity contribution >= 4 is 0 Å². The monoisotopic (exact) mass is 201 g/mol. The molecule has 0 aromatic heterocycles. The highest BCUT2D eigenvalue weighted by Gasteiger charge is 2.23. The van der Waals surface area contributed by atoms with E-state index < -0.39 is 0 Å². The van der Waals surface area contributed by atoms with Gasteiger partial charge in [0.05, 0.1) is 19.3 Å². The summed E-state index contributed by atoms with van der Waals surface area (Å²) in [5.74, 6) is 0. The van der Waals surface area contributed by atoms with Crippen LogP contribution >= 0.6 is 0 Å². The molecule has 84 valence electrons. The van der Waals surface area contributed by atoms with Gasteiger partial charge in [0.25, 0.3) is 0 Å². The first-order valence-corrected chi connectivity index (χ1v) is 5.79. The Bertz CT molecular complexity index is 141. The standard InChI is InChI=1S/C11H23NO2/c1-3-5-10-8-11(9-12-10)14-7-6-13-4-2/h10-12H,3-9H2,1-2H3/t10-,11+/m1/s1. The molecule has 3 nitrogen and oxygen atoms in total. The lowest BCUT2D eigenvalue weighted by molar-refractivity contribution is 0.0152. The predicted octanol–water partition coefficient (Wildman–Crippen LogP) is 1.57. The molecule has 0 aromatic rings. The molecule has 0 amide bonds. The average Bonchev–Trinajstić information content (AvgIpc) is 2.61. The van der Waals surface area contributed by atoms with E-state index in [0.717, 1.165) is 26.4 Å². The van der Waals surface area contributed by atoms with Crippen LogP contribution in [0.1, 0.15) is 33.1 Å². The Morgan fingerprint density at radius 1 is 1.29 bits per heavy atom. The first-order chi connectivity index (χ1) is 6.86. The SMILES string of the molecule is CCC[C@@H]1C[C@H](OCCOCC)CN1. The molecule has 0 aliphatic carbocycles. The van der Waals surface area contributed by atoms with Crippen LogP contribution in [0.5, 0.6) is 0 Å². The minimum absolute atomic E-state index is 0.409. The zero-order valence-corrected chi connectivity index (χ0v) is 9.42. The second-order valence-electron chi connectivity index (χ2n) is 3.82. The predicted molar refractivity (Wildman–Crippen MR) is 57.5 cm³/mol. The largest absolute Gasteiger partial charge is 0.379 e. The third-order valence-corrected chi connectivity index (χ3v) is 2.60. The van der Waals surface area contributed by atoms with E-state index in [4.69, 9.17) is 9.47 Å². The average molecular weight is 201 g/mol. The molecular formula is C11H23NO2. The summed E-state index contributed by atoms with van der Waals surface area (Å²) in [7, 11) is 0. The van der Waals surface area contributed by atoms with Crippen LogP contribution in [-0.2, 0) is 9.47 Å². The minimum Gasteiger partial charge on any atom is -0.379 e. The lowest BCUT2D eigenvalue weighted by Crippen LogP contribution is -2.21. The molecule has 1 rings (SSSR count). The second-order valence-corrected chi connectivity index (χ2v) is 3.82. The Hall–Kier alpha value is -0.120. The fourth-order valence-electron chi connectivity index (χ4n) is 1.90. The van der Waals surface area contributed by atoms with Gasteiger partial charge in [-0.25, -0.2) is 0 Å². The number of hydrogen-bond acceptors (Lipinski definition) is 3. The summed E-state index contributed by atoms with van der Waals surface area (Å²) in [5.41, 5.74) is 0. The summed E-state index contributed by atoms with van der Waals surface area (Å²) < 4.78 is 10.9. The van der Waals surface area contributed by atoms with Crippen LogP contribution in [0.4, 0.5) is 0 Å². The lowest BCUT2D eigenvalue weighted by atomic mass is 10.1. The molecule has 0 radical (unpaired) electrons. The second kappa shape index (κ2) is 7.21. The summed E-state index contributed by atoms with van der Waals surface area (Å²) in [6.07, 6.45) is 4.10. The molecule has 1 N–H and O–H groups in total. The van der Waals surface area contributed by atoms with E-state index in [1.54, 1.807) is 0 Å². The first-order valence-electron chi connectivity index (χ1n) is 5.79. The van der Waals surface area contributed by atoms with E-state index in [2.05, 4.69) is 12.2 Å². The highest BCUT2D eigenvalue weighted by atomic mass is 16.5. The molecule has 1 aliphatic rings. The van der Waals surface area contributed by atoms with Crippen LogP contribution in [0.15, 0.2) is 0 Å². The van der Waals surface area contributed by atoms with Gasteiger partial charge in [-0.1, -0.05) is 13.3 Å². The smallest absolute Gasteiger partial charge is 0.0715 e. The van der Waals surface area contributed by atoms with E-state index in [-0.39, 0.29) is 0 Å². The maximum Gasteiger partial charge on any atom is 0.0715 e. The fourth-order valence-corrected chi connectivity index (χ4v) is 1.90. The molecule has 14 heavy (non-hydrogen) atoms. The highest BCUT2D eigenvalue weighted by Crippen LogP contribution is 2.14. The normalized spacial score (nSPS) is 27.0. The molecule has 1 heterocycles. The summed E-state index contributed by atoms with van der Waals surface area (Å²) >= 11 is 0. The van der Waals surface area contributed by atoms with Gasteiger partial charge in [0.1, 0.15) is 0 Å². The molecule has 3 heteroatoms. The molecule has 2 atom stereocenters. The van der Waals surface area contributed by atoms with E-state index in [0.29, 0.717) is 12.1 Å². The van der Waals surface area contributed by atoms with Crippen LogP contribution in [-0.4, -0.2) is 38.5 Å². The van der Waals surface area contributed by atoms with E-state index in [1.165, 1.54) is 19.3 Å². The van der Waals surface area contributed by atoms with Crippen LogP contribution < -0.4 is 5.32 Å². The Balaban J connectivity index is 1.98. The fraction of sp³-hybridized carbons (Fsp3) is 1.00. The van der Waals surface area contributed by atoms with Crippen LogP contribution in [0, 0.1) is 0 Å². The molecule has 1 aliphatic heterocycles. The quantitative estimate of drug-likeness (QED) is 0.634. The molecule has 0 saturated carbocycles. The Morgan fingerprint density at radius 2 is 2.14 bits per heavy atom. The van der Waals surface area contributed by atoms with E-state index in [9.17, 15) is 0 Å². The molecule has 1 saturated heterocycles. The van der Waals surface area contributed by atoms with Gasteiger partial charge in [-0.05, 0) is 19.8 Å². The number of hydrogen-bond donors (Lipinski definition) is 1. The van der Waals surface area contributed by atoms with E-state index in [1.807, 2.05) is 6.92 Å². The van der Waals surface area contributed by atoms with Crippen molar-refractivity contribution in [1.82, 2.24) is 5.32 Å². The summed E-state index contributed by atoms with van der Waals surface area (Å²) in [5, 5.41) is 3.48. The lowest BCUT2D eigenvalue weighted by Gasteiger charge is -2.11. The summed E-state index contributed by atoms with van der Waals surface area (Å²) in [4.78, 5) is 0. The van der Waals surface area contributed by atoms with E-state index >= 15 is 0 Å². The van der Waals surface area contributed by atoms with Gasteiger partial charge in [-0.3, -0.25) is 0 Å². The minimum atomic E-state index is 0.409. The molecule has 0 aromatic carbocycles. The number of ether oxygens (including phenoxy) is 2. The topological polar surface area (TPSA) is 30.5 Å². The van der Waals surface area contributed by atoms with Crippen molar-refractivity contribution in [3.8, 4) is 0 Å². The highest BCUT2D eigenvalue weighted by molar-refractivity contribution is 4.81. The van der Waals surface area contributed by atoms with Crippen LogP contribution in [0.3, 0.4) is 0 Å².